The molecule has 8 nitrogen and oxygen atoms in total. The molecule has 0 saturated carbocycles. The molecule has 2 aromatic rings. The van der Waals surface area contributed by atoms with Crippen LogP contribution in [0.4, 0.5) is 0 Å². The summed E-state index contributed by atoms with van der Waals surface area (Å²) in [7, 11) is 2.79. The third-order valence-corrected chi connectivity index (χ3v) is 5.89. The van der Waals surface area contributed by atoms with Crippen LogP contribution in [-0.2, 0) is 25.5 Å². The number of ether oxygens (including phenoxy) is 3. The first-order chi connectivity index (χ1) is 15.8. The Hall–Kier alpha value is -3.65. The normalized spacial score (nSPS) is 21.1. The summed E-state index contributed by atoms with van der Waals surface area (Å²) < 4.78 is 15.6. The number of likely N-dealkylation sites (tertiary alicyclic amines) is 1. The monoisotopic (exact) mass is 451 g/mol. The van der Waals surface area contributed by atoms with Gasteiger partial charge in [0.15, 0.2) is 0 Å². The summed E-state index contributed by atoms with van der Waals surface area (Å²) in [4.78, 5) is 39.1. The number of amides is 1. The molecule has 1 N–H and O–H groups in total. The molecule has 2 aromatic carbocycles. The lowest BCUT2D eigenvalue weighted by molar-refractivity contribution is -0.140. The Labute approximate surface area is 191 Å². The van der Waals surface area contributed by atoms with Crippen LogP contribution >= 0.6 is 0 Å². The SMILES string of the molecule is COCCN1C(=O)C(=O)C(=C(O)c2ccc3c(c2)C[C@@H](C)O3)[C@H]1c1ccc(C(=O)OC)cc1. The zero-order valence-electron chi connectivity index (χ0n) is 18.7. The minimum absolute atomic E-state index is 0.00571. The number of benzene rings is 2. The fourth-order valence-corrected chi connectivity index (χ4v) is 4.29. The van der Waals surface area contributed by atoms with Gasteiger partial charge in [0.2, 0.25) is 0 Å². The van der Waals surface area contributed by atoms with Gasteiger partial charge in [-0.15, -0.1) is 0 Å². The second-order valence-corrected chi connectivity index (χ2v) is 8.05. The highest BCUT2D eigenvalue weighted by molar-refractivity contribution is 6.46. The average Bonchev–Trinajstić information content (AvgIpc) is 3.32. The van der Waals surface area contributed by atoms with E-state index in [1.54, 1.807) is 42.5 Å². The van der Waals surface area contributed by atoms with Gasteiger partial charge in [0, 0.05) is 25.6 Å². The molecule has 172 valence electrons. The maximum Gasteiger partial charge on any atom is 0.337 e. The number of Topliss-reactive ketones (excluding diaryl/α,β-unsaturated/α-hetero) is 1. The lowest BCUT2D eigenvalue weighted by Crippen LogP contribution is -2.32. The highest BCUT2D eigenvalue weighted by atomic mass is 16.5. The van der Waals surface area contributed by atoms with E-state index in [1.165, 1.54) is 19.1 Å². The molecule has 2 heterocycles. The van der Waals surface area contributed by atoms with Crippen LogP contribution in [-0.4, -0.2) is 61.1 Å². The maximum atomic E-state index is 13.0. The van der Waals surface area contributed by atoms with Gasteiger partial charge < -0.3 is 24.2 Å². The van der Waals surface area contributed by atoms with E-state index in [1.807, 2.05) is 6.92 Å². The predicted octanol–water partition coefficient (Wildman–Crippen LogP) is 2.86. The molecular weight excluding hydrogens is 426 g/mol. The number of fused-ring (bicyclic) bond motifs is 1. The Balaban J connectivity index is 1.80. The van der Waals surface area contributed by atoms with Crippen molar-refractivity contribution in [3.05, 3.63) is 70.3 Å². The van der Waals surface area contributed by atoms with E-state index < -0.39 is 23.7 Å². The molecule has 0 radical (unpaired) electrons. The third-order valence-electron chi connectivity index (χ3n) is 5.89. The van der Waals surface area contributed by atoms with Gasteiger partial charge in [0.05, 0.1) is 30.9 Å². The van der Waals surface area contributed by atoms with Crippen molar-refractivity contribution in [2.24, 2.45) is 0 Å². The number of aliphatic hydroxyl groups is 1. The smallest absolute Gasteiger partial charge is 0.337 e. The second-order valence-electron chi connectivity index (χ2n) is 8.05. The Morgan fingerprint density at radius 2 is 1.82 bits per heavy atom. The fraction of sp³-hybridized carbons (Fsp3) is 0.320. The van der Waals surface area contributed by atoms with Crippen molar-refractivity contribution in [2.45, 2.75) is 25.5 Å². The van der Waals surface area contributed by atoms with E-state index in [-0.39, 0.29) is 30.6 Å². The van der Waals surface area contributed by atoms with E-state index in [9.17, 15) is 19.5 Å². The molecular formula is C25H25NO7. The Bertz CT molecular complexity index is 1140. The summed E-state index contributed by atoms with van der Waals surface area (Å²) >= 11 is 0. The molecule has 8 heteroatoms. The van der Waals surface area contributed by atoms with Crippen LogP contribution in [0.25, 0.3) is 5.76 Å². The molecule has 2 aliphatic heterocycles. The van der Waals surface area contributed by atoms with Crippen molar-refractivity contribution >= 4 is 23.4 Å². The first kappa shape index (κ1) is 22.5. The molecule has 4 rings (SSSR count). The van der Waals surface area contributed by atoms with Gasteiger partial charge in [-0.1, -0.05) is 12.1 Å². The number of methoxy groups -OCH3 is 2. The molecule has 0 spiro atoms. The van der Waals surface area contributed by atoms with Crippen LogP contribution in [0.1, 0.15) is 40.0 Å². The standard InChI is InChI=1S/C25H25NO7/c1-14-12-18-13-17(8-9-19(18)33-14)22(27)20-21(26(10-11-31-2)24(29)23(20)28)15-4-6-16(7-5-15)25(30)32-3/h4-9,13-14,21,27H,10-12H2,1-3H3/t14-,21-/m1/s1. The Morgan fingerprint density at radius 1 is 1.12 bits per heavy atom. The van der Waals surface area contributed by atoms with Gasteiger partial charge in [0.1, 0.15) is 17.6 Å². The number of carbonyl (C=O) groups is 3. The molecule has 1 amide bonds. The fourth-order valence-electron chi connectivity index (χ4n) is 4.29. The summed E-state index contributed by atoms with van der Waals surface area (Å²) in [6, 6.07) is 10.8. The van der Waals surface area contributed by atoms with Crippen molar-refractivity contribution in [2.75, 3.05) is 27.4 Å². The largest absolute Gasteiger partial charge is 0.507 e. The quantitative estimate of drug-likeness (QED) is 0.312. The van der Waals surface area contributed by atoms with Crippen molar-refractivity contribution in [3.63, 3.8) is 0 Å². The van der Waals surface area contributed by atoms with Crippen LogP contribution in [0, 0.1) is 0 Å². The number of carbonyl (C=O) groups excluding carboxylic acids is 3. The first-order valence-electron chi connectivity index (χ1n) is 10.6. The number of rotatable bonds is 6. The first-order valence-corrected chi connectivity index (χ1v) is 10.6. The molecule has 1 fully saturated rings. The second kappa shape index (κ2) is 9.07. The number of hydrogen-bond donors (Lipinski definition) is 1. The molecule has 0 bridgehead atoms. The van der Waals surface area contributed by atoms with Gasteiger partial charge in [0.25, 0.3) is 11.7 Å². The lowest BCUT2D eigenvalue weighted by Gasteiger charge is -2.25. The number of esters is 1. The zero-order chi connectivity index (χ0) is 23.7. The van der Waals surface area contributed by atoms with Crippen molar-refractivity contribution in [1.29, 1.82) is 0 Å². The van der Waals surface area contributed by atoms with Crippen molar-refractivity contribution in [3.8, 4) is 5.75 Å². The Morgan fingerprint density at radius 3 is 2.48 bits per heavy atom. The topological polar surface area (TPSA) is 102 Å². The number of aliphatic hydroxyl groups excluding tert-OH is 1. The van der Waals surface area contributed by atoms with E-state index in [2.05, 4.69) is 0 Å². The lowest BCUT2D eigenvalue weighted by atomic mass is 9.94. The van der Waals surface area contributed by atoms with E-state index in [0.717, 1.165) is 11.3 Å². The molecule has 2 atom stereocenters. The van der Waals surface area contributed by atoms with Crippen molar-refractivity contribution in [1.82, 2.24) is 4.90 Å². The minimum atomic E-state index is -0.824. The van der Waals surface area contributed by atoms with Gasteiger partial charge in [-0.3, -0.25) is 9.59 Å². The number of ketones is 1. The molecule has 0 aliphatic carbocycles. The van der Waals surface area contributed by atoms with Crippen LogP contribution in [0.3, 0.4) is 0 Å². The predicted molar refractivity (Wildman–Crippen MR) is 119 cm³/mol. The van der Waals surface area contributed by atoms with Crippen LogP contribution in [0.5, 0.6) is 5.75 Å². The molecule has 0 aromatic heterocycles. The highest BCUT2D eigenvalue weighted by Gasteiger charge is 2.46. The van der Waals surface area contributed by atoms with Crippen LogP contribution < -0.4 is 4.74 Å². The Kier molecular flexibility index (Phi) is 6.20. The summed E-state index contributed by atoms with van der Waals surface area (Å²) in [6.45, 7) is 2.34. The van der Waals surface area contributed by atoms with Crippen molar-refractivity contribution < 1.29 is 33.7 Å². The summed E-state index contributed by atoms with van der Waals surface area (Å²) in [5.41, 5.74) is 2.28. The molecule has 2 aliphatic rings. The van der Waals surface area contributed by atoms with E-state index in [4.69, 9.17) is 14.2 Å². The molecule has 1 saturated heterocycles. The van der Waals surface area contributed by atoms with Crippen LogP contribution in [0.15, 0.2) is 48.0 Å². The maximum absolute atomic E-state index is 13.0. The van der Waals surface area contributed by atoms with E-state index >= 15 is 0 Å². The van der Waals surface area contributed by atoms with Gasteiger partial charge in [-0.2, -0.15) is 0 Å². The summed E-state index contributed by atoms with van der Waals surface area (Å²) in [5.74, 6) is -1.48. The molecule has 0 unspecified atom stereocenters. The van der Waals surface area contributed by atoms with Gasteiger partial charge in [-0.25, -0.2) is 4.79 Å². The van der Waals surface area contributed by atoms with Gasteiger partial charge in [-0.05, 0) is 48.4 Å². The average molecular weight is 451 g/mol. The highest BCUT2D eigenvalue weighted by Crippen LogP contribution is 2.40. The third kappa shape index (κ3) is 4.09. The minimum Gasteiger partial charge on any atom is -0.507 e. The molecule has 33 heavy (non-hydrogen) atoms. The number of hydrogen-bond acceptors (Lipinski definition) is 7. The van der Waals surface area contributed by atoms with Gasteiger partial charge >= 0.3 is 5.97 Å². The number of nitrogens with zero attached hydrogens (tertiary/aromatic N) is 1. The summed E-state index contributed by atoms with van der Waals surface area (Å²) in [5, 5.41) is 11.2. The van der Waals surface area contributed by atoms with E-state index in [0.29, 0.717) is 23.1 Å². The zero-order valence-corrected chi connectivity index (χ0v) is 18.7. The summed E-state index contributed by atoms with van der Waals surface area (Å²) in [6.07, 6.45) is 0.724. The van der Waals surface area contributed by atoms with Crippen LogP contribution in [0.2, 0.25) is 0 Å².